The average Bonchev–Trinajstić information content (AvgIpc) is 2.74. The van der Waals surface area contributed by atoms with E-state index in [-0.39, 0.29) is 5.78 Å². The number of benzene rings is 1. The molecule has 0 bridgehead atoms. The van der Waals surface area contributed by atoms with E-state index in [2.05, 4.69) is 4.98 Å². The van der Waals surface area contributed by atoms with Crippen LogP contribution in [0.1, 0.15) is 17.3 Å². The summed E-state index contributed by atoms with van der Waals surface area (Å²) in [7, 11) is 1.93. The van der Waals surface area contributed by atoms with Gasteiger partial charge in [-0.1, -0.05) is 24.3 Å². The molecule has 1 aromatic carbocycles. The predicted octanol–water partition coefficient (Wildman–Crippen LogP) is 1.62. The first-order valence-electron chi connectivity index (χ1n) is 5.47. The van der Waals surface area contributed by atoms with E-state index in [4.69, 9.17) is 5.73 Å². The molecule has 0 amide bonds. The van der Waals surface area contributed by atoms with Gasteiger partial charge in [0.1, 0.15) is 5.82 Å². The summed E-state index contributed by atoms with van der Waals surface area (Å²) in [6.45, 7) is 1.69. The molecule has 4 nitrogen and oxygen atoms in total. The first-order valence-corrected chi connectivity index (χ1v) is 5.47. The second-order valence-corrected chi connectivity index (χ2v) is 4.09. The number of hydrogen-bond acceptors (Lipinski definition) is 3. The lowest BCUT2D eigenvalue weighted by Gasteiger charge is -2.06. The Hall–Kier alpha value is -1.94. The van der Waals surface area contributed by atoms with Gasteiger partial charge in [0.05, 0.1) is 6.04 Å². The Balaban J connectivity index is 2.31. The molecule has 0 aliphatic carbocycles. The highest BCUT2D eigenvalue weighted by atomic mass is 16.1. The molecule has 1 heterocycles. The number of nitrogens with zero attached hydrogens (tertiary/aromatic N) is 2. The van der Waals surface area contributed by atoms with Gasteiger partial charge in [-0.25, -0.2) is 4.98 Å². The van der Waals surface area contributed by atoms with Crippen molar-refractivity contribution in [1.29, 1.82) is 0 Å². The number of aryl methyl sites for hydroxylation is 1. The van der Waals surface area contributed by atoms with Crippen LogP contribution in [0.2, 0.25) is 0 Å². The van der Waals surface area contributed by atoms with Crippen LogP contribution in [0.25, 0.3) is 11.4 Å². The second-order valence-electron chi connectivity index (χ2n) is 4.09. The molecule has 2 N–H and O–H groups in total. The van der Waals surface area contributed by atoms with Crippen molar-refractivity contribution in [3.05, 3.63) is 42.2 Å². The zero-order valence-electron chi connectivity index (χ0n) is 9.92. The van der Waals surface area contributed by atoms with Crippen molar-refractivity contribution >= 4 is 5.78 Å². The summed E-state index contributed by atoms with van der Waals surface area (Å²) in [4.78, 5) is 15.9. The largest absolute Gasteiger partial charge is 0.334 e. The molecule has 88 valence electrons. The van der Waals surface area contributed by atoms with Crippen molar-refractivity contribution in [2.24, 2.45) is 12.8 Å². The fourth-order valence-corrected chi connectivity index (χ4v) is 1.69. The minimum absolute atomic E-state index is 0.0450. The van der Waals surface area contributed by atoms with E-state index < -0.39 is 6.04 Å². The SMILES string of the molecule is CC(N)C(=O)c1ccc(-c2nccn2C)cc1. The van der Waals surface area contributed by atoms with Crippen LogP contribution in [0, 0.1) is 0 Å². The van der Waals surface area contributed by atoms with Gasteiger partial charge in [-0.2, -0.15) is 0 Å². The number of aromatic nitrogens is 2. The normalized spacial score (nSPS) is 12.4. The summed E-state index contributed by atoms with van der Waals surface area (Å²) >= 11 is 0. The summed E-state index contributed by atoms with van der Waals surface area (Å²) in [5.74, 6) is 0.834. The van der Waals surface area contributed by atoms with Gasteiger partial charge in [0, 0.05) is 30.6 Å². The van der Waals surface area contributed by atoms with Crippen molar-refractivity contribution in [3.63, 3.8) is 0 Å². The van der Waals surface area contributed by atoms with Gasteiger partial charge in [-0.3, -0.25) is 4.79 Å². The molecule has 2 aromatic rings. The zero-order valence-corrected chi connectivity index (χ0v) is 9.92. The first-order chi connectivity index (χ1) is 8.09. The van der Waals surface area contributed by atoms with Crippen LogP contribution in [0.4, 0.5) is 0 Å². The topological polar surface area (TPSA) is 60.9 Å². The maximum Gasteiger partial charge on any atom is 0.179 e. The monoisotopic (exact) mass is 229 g/mol. The molecule has 1 aromatic heterocycles. The minimum Gasteiger partial charge on any atom is -0.334 e. The smallest absolute Gasteiger partial charge is 0.179 e. The van der Waals surface area contributed by atoms with Gasteiger partial charge in [0.2, 0.25) is 0 Å². The molecule has 0 aliphatic heterocycles. The van der Waals surface area contributed by atoms with E-state index >= 15 is 0 Å². The molecule has 4 heteroatoms. The van der Waals surface area contributed by atoms with Gasteiger partial charge < -0.3 is 10.3 Å². The highest BCUT2D eigenvalue weighted by molar-refractivity contribution is 5.99. The third-order valence-electron chi connectivity index (χ3n) is 2.66. The van der Waals surface area contributed by atoms with E-state index in [1.165, 1.54) is 0 Å². The maximum atomic E-state index is 11.7. The number of nitrogens with two attached hydrogens (primary N) is 1. The van der Waals surface area contributed by atoms with Crippen LogP contribution >= 0.6 is 0 Å². The zero-order chi connectivity index (χ0) is 12.4. The van der Waals surface area contributed by atoms with Crippen LogP contribution in [0.3, 0.4) is 0 Å². The number of hydrogen-bond donors (Lipinski definition) is 1. The summed E-state index contributed by atoms with van der Waals surface area (Å²) < 4.78 is 1.93. The fourth-order valence-electron chi connectivity index (χ4n) is 1.69. The van der Waals surface area contributed by atoms with Crippen molar-refractivity contribution in [1.82, 2.24) is 9.55 Å². The Morgan fingerprint density at radius 1 is 1.35 bits per heavy atom. The van der Waals surface area contributed by atoms with Crippen LogP contribution in [0.5, 0.6) is 0 Å². The summed E-state index contributed by atoms with van der Waals surface area (Å²) in [5, 5.41) is 0. The van der Waals surface area contributed by atoms with Crippen molar-refractivity contribution in [3.8, 4) is 11.4 Å². The molecule has 1 unspecified atom stereocenters. The highest BCUT2D eigenvalue weighted by Crippen LogP contribution is 2.17. The Labute approximate surface area is 100 Å². The van der Waals surface area contributed by atoms with Crippen LogP contribution in [-0.4, -0.2) is 21.4 Å². The number of Topliss-reactive ketones (excluding diaryl/α,β-unsaturated/α-hetero) is 1. The molecule has 17 heavy (non-hydrogen) atoms. The predicted molar refractivity (Wildman–Crippen MR) is 66.6 cm³/mol. The fraction of sp³-hybridized carbons (Fsp3) is 0.231. The molecule has 0 aliphatic rings. The van der Waals surface area contributed by atoms with Gasteiger partial charge in [0.25, 0.3) is 0 Å². The van der Waals surface area contributed by atoms with E-state index in [0.29, 0.717) is 5.56 Å². The van der Waals surface area contributed by atoms with Gasteiger partial charge in [-0.15, -0.1) is 0 Å². The van der Waals surface area contributed by atoms with Gasteiger partial charge in [-0.05, 0) is 6.92 Å². The highest BCUT2D eigenvalue weighted by Gasteiger charge is 2.11. The third kappa shape index (κ3) is 2.26. The Bertz CT molecular complexity index is 526. The quantitative estimate of drug-likeness (QED) is 0.813. The molecule has 2 rings (SSSR count). The Morgan fingerprint density at radius 2 is 2.00 bits per heavy atom. The molecule has 0 radical (unpaired) electrons. The van der Waals surface area contributed by atoms with Crippen molar-refractivity contribution < 1.29 is 4.79 Å². The Morgan fingerprint density at radius 3 is 2.47 bits per heavy atom. The van der Waals surface area contributed by atoms with Gasteiger partial charge >= 0.3 is 0 Å². The van der Waals surface area contributed by atoms with Crippen LogP contribution in [-0.2, 0) is 7.05 Å². The van der Waals surface area contributed by atoms with Crippen LogP contribution in [0.15, 0.2) is 36.7 Å². The number of imidazole rings is 1. The minimum atomic E-state index is -0.464. The van der Waals surface area contributed by atoms with Gasteiger partial charge in [0.15, 0.2) is 5.78 Å². The van der Waals surface area contributed by atoms with E-state index in [0.717, 1.165) is 11.4 Å². The molecule has 1 atom stereocenters. The molecular weight excluding hydrogens is 214 g/mol. The van der Waals surface area contributed by atoms with Crippen molar-refractivity contribution in [2.75, 3.05) is 0 Å². The van der Waals surface area contributed by atoms with Crippen molar-refractivity contribution in [2.45, 2.75) is 13.0 Å². The van der Waals surface area contributed by atoms with E-state index in [1.54, 1.807) is 25.3 Å². The Kier molecular flexibility index (Phi) is 3.06. The second kappa shape index (κ2) is 4.51. The number of carbonyl (C=O) groups excluding carboxylic acids is 1. The molecule has 0 saturated carbocycles. The lowest BCUT2D eigenvalue weighted by molar-refractivity contribution is 0.0968. The number of carbonyl (C=O) groups is 1. The summed E-state index contributed by atoms with van der Waals surface area (Å²) in [5.41, 5.74) is 7.18. The number of rotatable bonds is 3. The molecule has 0 spiro atoms. The molecule has 0 saturated heterocycles. The van der Waals surface area contributed by atoms with E-state index in [1.807, 2.05) is 29.9 Å². The standard InChI is InChI=1S/C13H15N3O/c1-9(14)12(17)10-3-5-11(6-4-10)13-15-7-8-16(13)2/h3-9H,14H2,1-2H3. The first kappa shape index (κ1) is 11.5. The molecular formula is C13H15N3O. The summed E-state index contributed by atoms with van der Waals surface area (Å²) in [6, 6.07) is 6.88. The average molecular weight is 229 g/mol. The van der Waals surface area contributed by atoms with E-state index in [9.17, 15) is 4.79 Å². The van der Waals surface area contributed by atoms with Crippen LogP contribution < -0.4 is 5.73 Å². The number of ketones is 1. The maximum absolute atomic E-state index is 11.7. The third-order valence-corrected chi connectivity index (χ3v) is 2.66. The molecule has 0 fully saturated rings. The lowest BCUT2D eigenvalue weighted by atomic mass is 10.0. The lowest BCUT2D eigenvalue weighted by Crippen LogP contribution is -2.26. The summed E-state index contributed by atoms with van der Waals surface area (Å²) in [6.07, 6.45) is 3.63.